The summed E-state index contributed by atoms with van der Waals surface area (Å²) in [5, 5.41) is 3.67. The minimum Gasteiger partial charge on any atom is -0.454 e. The fourth-order valence-corrected chi connectivity index (χ4v) is 2.24. The van der Waals surface area contributed by atoms with E-state index in [1.807, 2.05) is 49.4 Å². The van der Waals surface area contributed by atoms with Gasteiger partial charge in [-0.05, 0) is 48.5 Å². The van der Waals surface area contributed by atoms with Crippen molar-refractivity contribution < 1.29 is 9.47 Å². The molecule has 0 saturated carbocycles. The molecule has 0 spiro atoms. The molecule has 0 fully saturated rings. The lowest BCUT2D eigenvalue weighted by molar-refractivity contribution is 0.174. The van der Waals surface area contributed by atoms with Crippen LogP contribution >= 0.6 is 12.2 Å². The Labute approximate surface area is 134 Å². The fraction of sp³-hybridized carbons (Fsp3) is 0.188. The number of benzene rings is 2. The van der Waals surface area contributed by atoms with E-state index in [0.717, 1.165) is 28.3 Å². The van der Waals surface area contributed by atoms with Crippen LogP contribution in [0.2, 0.25) is 0 Å². The molecule has 0 unspecified atom stereocenters. The van der Waals surface area contributed by atoms with E-state index in [2.05, 4.69) is 16.2 Å². The lowest BCUT2D eigenvalue weighted by Gasteiger charge is -2.14. The molecular weight excluding hydrogens is 298 g/mol. The molecule has 3 rings (SSSR count). The van der Waals surface area contributed by atoms with E-state index in [4.69, 9.17) is 21.7 Å². The molecule has 2 aromatic rings. The Morgan fingerprint density at radius 1 is 1.14 bits per heavy atom. The van der Waals surface area contributed by atoms with Crippen molar-refractivity contribution in [2.45, 2.75) is 13.5 Å². The van der Waals surface area contributed by atoms with Gasteiger partial charge in [0, 0.05) is 6.54 Å². The highest BCUT2D eigenvalue weighted by molar-refractivity contribution is 7.80. The first-order valence-electron chi connectivity index (χ1n) is 6.96. The van der Waals surface area contributed by atoms with Crippen molar-refractivity contribution in [2.75, 3.05) is 12.2 Å². The predicted molar refractivity (Wildman–Crippen MR) is 89.9 cm³/mol. The van der Waals surface area contributed by atoms with Crippen molar-refractivity contribution in [3.8, 4) is 11.5 Å². The molecule has 0 radical (unpaired) electrons. The first kappa shape index (κ1) is 14.5. The number of hydrogen-bond acceptors (Lipinski definition) is 4. The molecule has 0 aromatic heterocycles. The van der Waals surface area contributed by atoms with Gasteiger partial charge in [0.05, 0.1) is 5.69 Å². The van der Waals surface area contributed by atoms with Gasteiger partial charge in [0.15, 0.2) is 16.6 Å². The van der Waals surface area contributed by atoms with Gasteiger partial charge in [-0.25, -0.2) is 0 Å². The van der Waals surface area contributed by atoms with Gasteiger partial charge in [-0.1, -0.05) is 24.3 Å². The number of hydrogen-bond donors (Lipinski definition) is 3. The molecule has 0 atom stereocenters. The van der Waals surface area contributed by atoms with E-state index in [1.54, 1.807) is 0 Å². The Bertz CT molecular complexity index is 691. The lowest BCUT2D eigenvalue weighted by Crippen LogP contribution is -2.38. The Morgan fingerprint density at radius 2 is 1.95 bits per heavy atom. The zero-order valence-electron chi connectivity index (χ0n) is 12.2. The summed E-state index contributed by atoms with van der Waals surface area (Å²) in [6.45, 7) is 2.93. The molecule has 1 aliphatic heterocycles. The molecule has 5 nitrogen and oxygen atoms in total. The van der Waals surface area contributed by atoms with E-state index in [1.165, 1.54) is 0 Å². The van der Waals surface area contributed by atoms with Gasteiger partial charge in [0.2, 0.25) is 6.79 Å². The van der Waals surface area contributed by atoms with Crippen molar-refractivity contribution in [1.82, 2.24) is 10.7 Å². The average Bonchev–Trinajstić information content (AvgIpc) is 2.99. The summed E-state index contributed by atoms with van der Waals surface area (Å²) >= 11 is 5.25. The molecule has 0 saturated heterocycles. The second-order valence-electron chi connectivity index (χ2n) is 4.94. The maximum absolute atomic E-state index is 5.35. The van der Waals surface area contributed by atoms with Crippen LogP contribution in [0.4, 0.5) is 5.69 Å². The molecule has 1 aliphatic rings. The quantitative estimate of drug-likeness (QED) is 0.596. The number of ether oxygens (including phenoxy) is 2. The third kappa shape index (κ3) is 3.40. The number of nitrogens with one attached hydrogen (secondary N) is 3. The summed E-state index contributed by atoms with van der Waals surface area (Å²) in [4.78, 5) is 0. The summed E-state index contributed by atoms with van der Waals surface area (Å²) < 4.78 is 10.6. The van der Waals surface area contributed by atoms with Crippen LogP contribution in [-0.2, 0) is 6.54 Å². The zero-order valence-corrected chi connectivity index (χ0v) is 13.0. The number of anilines is 1. The van der Waals surface area contributed by atoms with Gasteiger partial charge < -0.3 is 14.8 Å². The van der Waals surface area contributed by atoms with E-state index in [-0.39, 0.29) is 6.79 Å². The minimum absolute atomic E-state index is 0.284. The molecule has 2 aromatic carbocycles. The predicted octanol–water partition coefficient (Wildman–Crippen LogP) is 2.71. The lowest BCUT2D eigenvalue weighted by atomic mass is 10.2. The standard InChI is InChI=1S/C16H17N3O2S/c1-11-4-2-3-5-13(11)18-19-16(22)17-9-12-6-7-14-15(8-12)21-10-20-14/h2-8,18H,9-10H2,1H3,(H2,17,19,22). The maximum Gasteiger partial charge on any atom is 0.231 e. The Morgan fingerprint density at radius 3 is 2.82 bits per heavy atom. The Balaban J connectivity index is 1.49. The normalized spacial score (nSPS) is 11.9. The first-order chi connectivity index (χ1) is 10.7. The van der Waals surface area contributed by atoms with Gasteiger partial charge in [0.25, 0.3) is 0 Å². The molecule has 3 N–H and O–H groups in total. The molecule has 0 amide bonds. The number of fused-ring (bicyclic) bond motifs is 1. The highest BCUT2D eigenvalue weighted by atomic mass is 32.1. The molecular formula is C16H17N3O2S. The number of aryl methyl sites for hydroxylation is 1. The van der Waals surface area contributed by atoms with Crippen molar-refractivity contribution >= 4 is 23.0 Å². The van der Waals surface area contributed by atoms with Crippen LogP contribution in [0.25, 0.3) is 0 Å². The second kappa shape index (κ2) is 6.53. The second-order valence-corrected chi connectivity index (χ2v) is 5.34. The van der Waals surface area contributed by atoms with Gasteiger partial charge >= 0.3 is 0 Å². The van der Waals surface area contributed by atoms with Crippen LogP contribution in [0.15, 0.2) is 42.5 Å². The van der Waals surface area contributed by atoms with Crippen molar-refractivity contribution in [1.29, 1.82) is 0 Å². The smallest absolute Gasteiger partial charge is 0.231 e. The molecule has 22 heavy (non-hydrogen) atoms. The van der Waals surface area contributed by atoms with E-state index in [9.17, 15) is 0 Å². The van der Waals surface area contributed by atoms with Crippen molar-refractivity contribution in [3.63, 3.8) is 0 Å². The van der Waals surface area contributed by atoms with Crippen molar-refractivity contribution in [3.05, 3.63) is 53.6 Å². The van der Waals surface area contributed by atoms with E-state index < -0.39 is 0 Å². The van der Waals surface area contributed by atoms with Crippen LogP contribution in [0.1, 0.15) is 11.1 Å². The number of rotatable bonds is 4. The van der Waals surface area contributed by atoms with Gasteiger partial charge in [-0.2, -0.15) is 0 Å². The summed E-state index contributed by atoms with van der Waals surface area (Å²) in [7, 11) is 0. The number of thiocarbonyl (C=S) groups is 1. The zero-order chi connectivity index (χ0) is 15.4. The van der Waals surface area contributed by atoms with Gasteiger partial charge in [-0.15, -0.1) is 0 Å². The Hall–Kier alpha value is -2.47. The van der Waals surface area contributed by atoms with Crippen LogP contribution in [0.5, 0.6) is 11.5 Å². The monoisotopic (exact) mass is 315 g/mol. The highest BCUT2D eigenvalue weighted by Gasteiger charge is 2.12. The Kier molecular flexibility index (Phi) is 4.29. The first-order valence-corrected chi connectivity index (χ1v) is 7.37. The third-order valence-electron chi connectivity index (χ3n) is 3.35. The molecule has 6 heteroatoms. The van der Waals surface area contributed by atoms with Gasteiger partial charge in [-0.3, -0.25) is 10.9 Å². The molecule has 1 heterocycles. The van der Waals surface area contributed by atoms with Crippen molar-refractivity contribution in [2.24, 2.45) is 0 Å². The summed E-state index contributed by atoms with van der Waals surface area (Å²) in [5.74, 6) is 1.56. The van der Waals surface area contributed by atoms with Gasteiger partial charge in [0.1, 0.15) is 0 Å². The SMILES string of the molecule is Cc1ccccc1NNC(=S)NCc1ccc2c(c1)OCO2. The third-order valence-corrected chi connectivity index (χ3v) is 3.59. The summed E-state index contributed by atoms with van der Waals surface area (Å²) in [6, 6.07) is 13.8. The fourth-order valence-electron chi connectivity index (χ4n) is 2.11. The molecule has 0 bridgehead atoms. The maximum atomic E-state index is 5.35. The largest absolute Gasteiger partial charge is 0.454 e. The minimum atomic E-state index is 0.284. The average molecular weight is 315 g/mol. The van der Waals surface area contributed by atoms with E-state index >= 15 is 0 Å². The van der Waals surface area contributed by atoms with Crippen LogP contribution in [0.3, 0.4) is 0 Å². The van der Waals surface area contributed by atoms with E-state index in [0.29, 0.717) is 11.7 Å². The number of para-hydroxylation sites is 1. The highest BCUT2D eigenvalue weighted by Crippen LogP contribution is 2.32. The summed E-state index contributed by atoms with van der Waals surface area (Å²) in [5.41, 5.74) is 9.28. The molecule has 114 valence electrons. The number of hydrazine groups is 1. The molecule has 0 aliphatic carbocycles. The van der Waals surface area contributed by atoms with Crippen LogP contribution in [0, 0.1) is 6.92 Å². The topological polar surface area (TPSA) is 54.5 Å². The van der Waals surface area contributed by atoms with Crippen LogP contribution in [-0.4, -0.2) is 11.9 Å². The van der Waals surface area contributed by atoms with Crippen LogP contribution < -0.4 is 25.6 Å². The summed E-state index contributed by atoms with van der Waals surface area (Å²) in [6.07, 6.45) is 0.